The second-order valence-electron chi connectivity index (χ2n) is 6.53. The van der Waals surface area contributed by atoms with Crippen LogP contribution >= 0.6 is 0 Å². The summed E-state index contributed by atoms with van der Waals surface area (Å²) in [6.07, 6.45) is 3.80. The highest BCUT2D eigenvalue weighted by atomic mass is 19.1. The fraction of sp³-hybridized carbons (Fsp3) is 0.421. The second-order valence-corrected chi connectivity index (χ2v) is 6.53. The van der Waals surface area contributed by atoms with Crippen LogP contribution in [-0.2, 0) is 4.79 Å². The first kappa shape index (κ1) is 18.9. The zero-order chi connectivity index (χ0) is 19.2. The molecule has 3 rings (SSSR count). The Kier molecular flexibility index (Phi) is 6.05. The Morgan fingerprint density at radius 3 is 2.85 bits per heavy atom. The molecule has 1 aromatic carbocycles. The maximum atomic E-state index is 13.0. The molecule has 1 aliphatic heterocycles. The molecule has 2 aromatic rings. The molecule has 0 radical (unpaired) electrons. The Morgan fingerprint density at radius 1 is 1.37 bits per heavy atom. The van der Waals surface area contributed by atoms with Gasteiger partial charge in [0.25, 0.3) is 0 Å². The fourth-order valence-corrected chi connectivity index (χ4v) is 2.96. The fourth-order valence-electron chi connectivity index (χ4n) is 2.96. The minimum Gasteiger partial charge on any atom is -0.438 e. The number of nitrogens with zero attached hydrogens (tertiary/aromatic N) is 2. The molecule has 1 saturated heterocycles. The van der Waals surface area contributed by atoms with Crippen LogP contribution < -0.4 is 10.6 Å². The minimum absolute atomic E-state index is 0.189. The van der Waals surface area contributed by atoms with Gasteiger partial charge in [-0.2, -0.15) is 0 Å². The third kappa shape index (κ3) is 5.06. The highest BCUT2D eigenvalue weighted by Crippen LogP contribution is 2.23. The number of nitrogens with one attached hydrogen (secondary N) is 2. The molecule has 2 heterocycles. The summed E-state index contributed by atoms with van der Waals surface area (Å²) >= 11 is 0. The summed E-state index contributed by atoms with van der Waals surface area (Å²) in [4.78, 5) is 29.5. The maximum absolute atomic E-state index is 13.0. The van der Waals surface area contributed by atoms with Gasteiger partial charge in [-0.3, -0.25) is 4.79 Å². The molecule has 7 nitrogen and oxygen atoms in total. The summed E-state index contributed by atoms with van der Waals surface area (Å²) in [5.41, 5.74) is 0.711. The van der Waals surface area contributed by atoms with Gasteiger partial charge in [-0.1, -0.05) is 0 Å². The van der Waals surface area contributed by atoms with E-state index < -0.39 is 6.04 Å². The Balaban J connectivity index is 1.43. The number of benzene rings is 1. The van der Waals surface area contributed by atoms with E-state index in [0.717, 1.165) is 13.0 Å². The lowest BCUT2D eigenvalue weighted by Crippen LogP contribution is -2.38. The first-order chi connectivity index (χ1) is 13.0. The van der Waals surface area contributed by atoms with Gasteiger partial charge >= 0.3 is 6.03 Å². The van der Waals surface area contributed by atoms with Gasteiger partial charge in [0.05, 0.1) is 6.20 Å². The van der Waals surface area contributed by atoms with E-state index in [0.29, 0.717) is 43.1 Å². The molecule has 8 heteroatoms. The number of carbonyl (C=O) groups is 2. The first-order valence-electron chi connectivity index (χ1n) is 9.07. The number of urea groups is 1. The molecule has 1 aliphatic rings. The zero-order valence-electron chi connectivity index (χ0n) is 15.2. The smallest absolute Gasteiger partial charge is 0.315 e. The molecule has 3 amide bonds. The topological polar surface area (TPSA) is 87.5 Å². The van der Waals surface area contributed by atoms with E-state index in [2.05, 4.69) is 15.6 Å². The molecule has 1 fully saturated rings. The van der Waals surface area contributed by atoms with Crippen molar-refractivity contribution in [1.29, 1.82) is 0 Å². The standard InChI is InChI=1S/C19H23FN4O3/c1-13(18-22-12-16(27-18)14-5-7-15(20)8-6-14)23-19(26)21-9-3-11-24-10-2-4-17(24)25/h5-8,12-13H,2-4,9-11H2,1H3,(H2,21,23,26). The molecule has 1 aromatic heterocycles. The summed E-state index contributed by atoms with van der Waals surface area (Å²) in [5, 5.41) is 5.53. The van der Waals surface area contributed by atoms with Crippen LogP contribution in [0.4, 0.5) is 9.18 Å². The van der Waals surface area contributed by atoms with Crippen molar-refractivity contribution in [2.75, 3.05) is 19.6 Å². The van der Waals surface area contributed by atoms with Crippen LogP contribution in [0, 0.1) is 5.82 Å². The number of hydrogen-bond donors (Lipinski definition) is 2. The van der Waals surface area contributed by atoms with Crippen molar-refractivity contribution < 1.29 is 18.4 Å². The zero-order valence-corrected chi connectivity index (χ0v) is 15.2. The van der Waals surface area contributed by atoms with Crippen LogP contribution in [0.25, 0.3) is 11.3 Å². The van der Waals surface area contributed by atoms with Crippen LogP contribution in [0.1, 0.15) is 38.1 Å². The van der Waals surface area contributed by atoms with Gasteiger partial charge in [0.2, 0.25) is 11.8 Å². The first-order valence-corrected chi connectivity index (χ1v) is 9.07. The van der Waals surface area contributed by atoms with Crippen molar-refractivity contribution >= 4 is 11.9 Å². The molecular weight excluding hydrogens is 351 g/mol. The number of aromatic nitrogens is 1. The molecule has 0 saturated carbocycles. The normalized spacial score (nSPS) is 15.0. The predicted molar refractivity (Wildman–Crippen MR) is 97.3 cm³/mol. The van der Waals surface area contributed by atoms with Gasteiger partial charge < -0.3 is 20.0 Å². The third-order valence-corrected chi connectivity index (χ3v) is 4.43. The van der Waals surface area contributed by atoms with E-state index in [4.69, 9.17) is 4.42 Å². The van der Waals surface area contributed by atoms with E-state index in [1.165, 1.54) is 12.1 Å². The van der Waals surface area contributed by atoms with E-state index in [-0.39, 0.29) is 17.8 Å². The minimum atomic E-state index is -0.417. The Morgan fingerprint density at radius 2 is 2.15 bits per heavy atom. The quantitative estimate of drug-likeness (QED) is 0.730. The Hall–Kier alpha value is -2.90. The number of likely N-dealkylation sites (tertiary alicyclic amines) is 1. The third-order valence-electron chi connectivity index (χ3n) is 4.43. The number of hydrogen-bond acceptors (Lipinski definition) is 4. The van der Waals surface area contributed by atoms with Crippen molar-refractivity contribution in [3.8, 4) is 11.3 Å². The van der Waals surface area contributed by atoms with Crippen LogP contribution in [-0.4, -0.2) is 41.5 Å². The average molecular weight is 374 g/mol. The van der Waals surface area contributed by atoms with Crippen molar-refractivity contribution in [3.05, 3.63) is 42.2 Å². The van der Waals surface area contributed by atoms with Crippen molar-refractivity contribution in [2.45, 2.75) is 32.2 Å². The molecule has 0 aliphatic carbocycles. The van der Waals surface area contributed by atoms with Gasteiger partial charge in [-0.15, -0.1) is 0 Å². The molecule has 0 spiro atoms. The highest BCUT2D eigenvalue weighted by molar-refractivity contribution is 5.78. The van der Waals surface area contributed by atoms with Crippen molar-refractivity contribution in [3.63, 3.8) is 0 Å². The molecule has 144 valence electrons. The van der Waals surface area contributed by atoms with E-state index in [1.54, 1.807) is 25.3 Å². The number of amides is 3. The van der Waals surface area contributed by atoms with E-state index in [9.17, 15) is 14.0 Å². The van der Waals surface area contributed by atoms with Gasteiger partial charge in [0.15, 0.2) is 5.76 Å². The van der Waals surface area contributed by atoms with Crippen molar-refractivity contribution in [1.82, 2.24) is 20.5 Å². The van der Waals surface area contributed by atoms with Crippen LogP contribution in [0.5, 0.6) is 0 Å². The molecule has 1 atom stereocenters. The Labute approximate surface area is 156 Å². The van der Waals surface area contributed by atoms with Gasteiger partial charge in [-0.05, 0) is 44.0 Å². The van der Waals surface area contributed by atoms with Gasteiger partial charge in [0, 0.05) is 31.6 Å². The lowest BCUT2D eigenvalue weighted by Gasteiger charge is -2.16. The highest BCUT2D eigenvalue weighted by Gasteiger charge is 2.19. The molecule has 27 heavy (non-hydrogen) atoms. The number of rotatable bonds is 7. The van der Waals surface area contributed by atoms with E-state index >= 15 is 0 Å². The van der Waals surface area contributed by atoms with Crippen LogP contribution in [0.15, 0.2) is 34.9 Å². The summed E-state index contributed by atoms with van der Waals surface area (Å²) in [5.74, 6) is 0.745. The van der Waals surface area contributed by atoms with Gasteiger partial charge in [-0.25, -0.2) is 14.2 Å². The van der Waals surface area contributed by atoms with Crippen LogP contribution in [0.3, 0.4) is 0 Å². The lowest BCUT2D eigenvalue weighted by molar-refractivity contribution is -0.127. The number of oxazole rings is 1. The maximum Gasteiger partial charge on any atom is 0.315 e. The molecular formula is C19H23FN4O3. The van der Waals surface area contributed by atoms with Crippen molar-refractivity contribution in [2.24, 2.45) is 0 Å². The summed E-state index contributed by atoms with van der Waals surface area (Å²) < 4.78 is 18.7. The Bertz CT molecular complexity index is 791. The molecule has 1 unspecified atom stereocenters. The van der Waals surface area contributed by atoms with E-state index in [1.807, 2.05) is 4.90 Å². The number of halogens is 1. The lowest BCUT2D eigenvalue weighted by atomic mass is 10.2. The average Bonchev–Trinajstić information content (AvgIpc) is 3.29. The largest absolute Gasteiger partial charge is 0.438 e. The monoisotopic (exact) mass is 374 g/mol. The SMILES string of the molecule is CC(NC(=O)NCCCN1CCCC1=O)c1ncc(-c2ccc(F)cc2)o1. The number of carbonyl (C=O) groups excluding carboxylic acids is 2. The van der Waals surface area contributed by atoms with Crippen LogP contribution in [0.2, 0.25) is 0 Å². The van der Waals surface area contributed by atoms with Gasteiger partial charge in [0.1, 0.15) is 11.9 Å². The molecule has 2 N–H and O–H groups in total. The summed E-state index contributed by atoms with van der Waals surface area (Å²) in [6, 6.07) is 5.17. The second kappa shape index (κ2) is 8.66. The predicted octanol–water partition coefficient (Wildman–Crippen LogP) is 2.85. The summed E-state index contributed by atoms with van der Waals surface area (Å²) in [6.45, 7) is 3.72. The summed E-state index contributed by atoms with van der Waals surface area (Å²) in [7, 11) is 0. The molecule has 0 bridgehead atoms.